The van der Waals surface area contributed by atoms with Crippen LogP contribution in [0.5, 0.6) is 0 Å². The molecule has 2 rings (SSSR count). The van der Waals surface area contributed by atoms with Gasteiger partial charge >= 0.3 is 0 Å². The Balaban J connectivity index is 2.41. The maximum atomic E-state index is 12.9. The van der Waals surface area contributed by atoms with E-state index < -0.39 is 10.0 Å². The second-order valence-electron chi connectivity index (χ2n) is 5.19. The number of rotatable bonds is 4. The maximum absolute atomic E-state index is 12.9. The summed E-state index contributed by atoms with van der Waals surface area (Å²) in [6.45, 7) is 5.41. The molecule has 7 heteroatoms. The molecule has 1 aromatic carbocycles. The quantitative estimate of drug-likeness (QED) is 0.872. The van der Waals surface area contributed by atoms with Crippen molar-refractivity contribution in [1.82, 2.24) is 4.31 Å². The maximum Gasteiger partial charge on any atom is 0.244 e. The van der Waals surface area contributed by atoms with E-state index in [2.05, 4.69) is 15.9 Å². The fraction of sp³-hybridized carbons (Fsp3) is 0.571. The van der Waals surface area contributed by atoms with Crippen LogP contribution in [0.2, 0.25) is 0 Å². The van der Waals surface area contributed by atoms with Crippen molar-refractivity contribution < 1.29 is 13.2 Å². The Morgan fingerprint density at radius 2 is 2.19 bits per heavy atom. The molecule has 0 radical (unpaired) electrons. The first-order valence-corrected chi connectivity index (χ1v) is 9.24. The van der Waals surface area contributed by atoms with Crippen LogP contribution in [-0.4, -0.2) is 38.5 Å². The molecule has 0 amide bonds. The van der Waals surface area contributed by atoms with Gasteiger partial charge in [-0.2, -0.15) is 4.31 Å². The topological polar surface area (TPSA) is 72.6 Å². The molecule has 1 heterocycles. The molecule has 0 spiro atoms. The van der Waals surface area contributed by atoms with E-state index in [-0.39, 0.29) is 6.10 Å². The third-order valence-electron chi connectivity index (χ3n) is 3.69. The van der Waals surface area contributed by atoms with Crippen molar-refractivity contribution in [3.8, 4) is 0 Å². The van der Waals surface area contributed by atoms with Crippen LogP contribution in [0.1, 0.15) is 24.5 Å². The molecular weight excluding hydrogens is 356 g/mol. The van der Waals surface area contributed by atoms with E-state index in [9.17, 15) is 8.42 Å². The van der Waals surface area contributed by atoms with Crippen LogP contribution in [0, 0.1) is 6.92 Å². The average Bonchev–Trinajstić information content (AvgIpc) is 2.49. The first kappa shape index (κ1) is 16.9. The molecule has 0 aromatic heterocycles. The van der Waals surface area contributed by atoms with Crippen molar-refractivity contribution in [2.45, 2.75) is 37.8 Å². The number of benzene rings is 1. The van der Waals surface area contributed by atoms with E-state index >= 15 is 0 Å². The lowest BCUT2D eigenvalue weighted by atomic mass is 10.1. The molecule has 0 bridgehead atoms. The number of aryl methyl sites for hydroxylation is 1. The lowest BCUT2D eigenvalue weighted by Gasteiger charge is -2.32. The van der Waals surface area contributed by atoms with E-state index in [4.69, 9.17) is 10.5 Å². The van der Waals surface area contributed by atoms with E-state index in [0.29, 0.717) is 35.6 Å². The predicted molar refractivity (Wildman–Crippen MR) is 85.6 cm³/mol. The summed E-state index contributed by atoms with van der Waals surface area (Å²) in [4.78, 5) is 0.291. The number of sulfonamides is 1. The standard InChI is InChI=1S/C14H21BrN2O3S/c1-3-12-9-17(4-5-20-12)21(18,19)13-7-11(8-16)6-10(2)14(13)15/h6-7,12H,3-5,8-9,16H2,1-2H3. The summed E-state index contributed by atoms with van der Waals surface area (Å²) in [7, 11) is -3.54. The van der Waals surface area contributed by atoms with Gasteiger partial charge in [0, 0.05) is 24.1 Å². The van der Waals surface area contributed by atoms with Crippen molar-refractivity contribution in [3.63, 3.8) is 0 Å². The largest absolute Gasteiger partial charge is 0.375 e. The summed E-state index contributed by atoms with van der Waals surface area (Å²) in [5.41, 5.74) is 7.35. The Morgan fingerprint density at radius 1 is 1.48 bits per heavy atom. The van der Waals surface area contributed by atoms with Gasteiger partial charge in [-0.15, -0.1) is 0 Å². The van der Waals surface area contributed by atoms with Gasteiger partial charge in [-0.1, -0.05) is 13.0 Å². The predicted octanol–water partition coefficient (Wildman–Crippen LogP) is 2.02. The molecule has 118 valence electrons. The van der Waals surface area contributed by atoms with Crippen molar-refractivity contribution >= 4 is 26.0 Å². The lowest BCUT2D eigenvalue weighted by Crippen LogP contribution is -2.45. The van der Waals surface area contributed by atoms with E-state index in [1.165, 1.54) is 4.31 Å². The molecular formula is C14H21BrN2O3S. The van der Waals surface area contributed by atoms with Gasteiger partial charge < -0.3 is 10.5 Å². The fourth-order valence-electron chi connectivity index (χ4n) is 2.41. The molecule has 0 saturated carbocycles. The summed E-state index contributed by atoms with van der Waals surface area (Å²) in [6.07, 6.45) is 0.765. The Morgan fingerprint density at radius 3 is 2.81 bits per heavy atom. The average molecular weight is 377 g/mol. The Bertz CT molecular complexity index is 619. The summed E-state index contributed by atoms with van der Waals surface area (Å²) < 4.78 is 33.4. The van der Waals surface area contributed by atoms with E-state index in [1.54, 1.807) is 6.07 Å². The number of halogens is 1. The smallest absolute Gasteiger partial charge is 0.244 e. The van der Waals surface area contributed by atoms with E-state index in [0.717, 1.165) is 17.5 Å². The molecule has 1 aliphatic heterocycles. The summed E-state index contributed by atoms with van der Waals surface area (Å²) >= 11 is 3.40. The Labute approximate surface area is 134 Å². The molecule has 21 heavy (non-hydrogen) atoms. The van der Waals surface area contributed by atoms with Gasteiger partial charge in [0.1, 0.15) is 0 Å². The first-order chi connectivity index (χ1) is 9.90. The lowest BCUT2D eigenvalue weighted by molar-refractivity contribution is -0.00279. The molecule has 1 aliphatic rings. The number of nitrogens with two attached hydrogens (primary N) is 1. The highest BCUT2D eigenvalue weighted by atomic mass is 79.9. The van der Waals surface area contributed by atoms with Gasteiger partial charge in [-0.3, -0.25) is 0 Å². The molecule has 2 N–H and O–H groups in total. The second kappa shape index (κ2) is 6.75. The minimum absolute atomic E-state index is 0.0360. The molecule has 1 unspecified atom stereocenters. The fourth-order valence-corrected chi connectivity index (χ4v) is 4.90. The Hall–Kier alpha value is -0.470. The highest BCUT2D eigenvalue weighted by Crippen LogP contribution is 2.30. The number of hydrogen-bond acceptors (Lipinski definition) is 4. The van der Waals surface area contributed by atoms with Gasteiger partial charge in [0.15, 0.2) is 0 Å². The number of morpholine rings is 1. The van der Waals surface area contributed by atoms with Crippen molar-refractivity contribution in [1.29, 1.82) is 0 Å². The molecule has 0 aliphatic carbocycles. The van der Waals surface area contributed by atoms with E-state index in [1.807, 2.05) is 19.9 Å². The van der Waals surface area contributed by atoms with Gasteiger partial charge in [0.2, 0.25) is 10.0 Å². The SMILES string of the molecule is CCC1CN(S(=O)(=O)c2cc(CN)cc(C)c2Br)CCO1. The van der Waals surface area contributed by atoms with Crippen molar-refractivity contribution in [3.05, 3.63) is 27.7 Å². The summed E-state index contributed by atoms with van der Waals surface area (Å²) in [5, 5.41) is 0. The molecule has 1 atom stereocenters. The third kappa shape index (κ3) is 3.48. The van der Waals surface area contributed by atoms with Crippen LogP contribution < -0.4 is 5.73 Å². The number of hydrogen-bond donors (Lipinski definition) is 1. The number of ether oxygens (including phenoxy) is 1. The van der Waals surface area contributed by atoms with Crippen molar-refractivity contribution in [2.75, 3.05) is 19.7 Å². The zero-order valence-electron chi connectivity index (χ0n) is 12.3. The molecule has 5 nitrogen and oxygen atoms in total. The van der Waals surface area contributed by atoms with Crippen LogP contribution in [0.25, 0.3) is 0 Å². The van der Waals surface area contributed by atoms with Crippen LogP contribution in [0.4, 0.5) is 0 Å². The molecule has 1 fully saturated rings. The van der Waals surface area contributed by atoms with Gasteiger partial charge in [-0.05, 0) is 46.5 Å². The monoisotopic (exact) mass is 376 g/mol. The van der Waals surface area contributed by atoms with Crippen LogP contribution in [-0.2, 0) is 21.3 Å². The highest BCUT2D eigenvalue weighted by molar-refractivity contribution is 9.10. The Kier molecular flexibility index (Phi) is 5.43. The molecule has 1 saturated heterocycles. The third-order valence-corrected chi connectivity index (χ3v) is 6.90. The van der Waals surface area contributed by atoms with Gasteiger partial charge in [-0.25, -0.2) is 8.42 Å². The van der Waals surface area contributed by atoms with Crippen molar-refractivity contribution in [2.24, 2.45) is 5.73 Å². The normalized spacial score (nSPS) is 20.7. The molecule has 1 aromatic rings. The van der Waals surface area contributed by atoms with Crippen LogP contribution >= 0.6 is 15.9 Å². The van der Waals surface area contributed by atoms with Crippen LogP contribution in [0.15, 0.2) is 21.5 Å². The first-order valence-electron chi connectivity index (χ1n) is 7.01. The zero-order chi connectivity index (χ0) is 15.6. The van der Waals surface area contributed by atoms with Gasteiger partial charge in [0.25, 0.3) is 0 Å². The summed E-state index contributed by atoms with van der Waals surface area (Å²) in [5.74, 6) is 0. The van der Waals surface area contributed by atoms with Gasteiger partial charge in [0.05, 0.1) is 17.6 Å². The summed E-state index contributed by atoms with van der Waals surface area (Å²) in [6, 6.07) is 3.56. The minimum atomic E-state index is -3.54. The number of nitrogens with zero attached hydrogens (tertiary/aromatic N) is 1. The second-order valence-corrected chi connectivity index (χ2v) is 7.89. The highest BCUT2D eigenvalue weighted by Gasteiger charge is 2.32. The minimum Gasteiger partial charge on any atom is -0.375 e. The van der Waals surface area contributed by atoms with Crippen LogP contribution in [0.3, 0.4) is 0 Å². The zero-order valence-corrected chi connectivity index (χ0v) is 14.7.